The highest BCUT2D eigenvalue weighted by molar-refractivity contribution is 7.13. The molecule has 8 heteroatoms. The van der Waals surface area contributed by atoms with Gasteiger partial charge >= 0.3 is 0 Å². The van der Waals surface area contributed by atoms with E-state index < -0.39 is 5.54 Å². The Hall–Kier alpha value is -3.00. The van der Waals surface area contributed by atoms with E-state index in [9.17, 15) is 4.79 Å². The SMILES string of the molecule is CCCCCOc1ccc([C@]2(C)CC(c3ccc(C4CC4)s3)=C(c3nn[nH]n3)C(=O)N2)cc1. The molecule has 3 heterocycles. The van der Waals surface area contributed by atoms with Gasteiger partial charge in [-0.25, -0.2) is 0 Å². The molecular weight excluding hydrogens is 434 g/mol. The molecule has 33 heavy (non-hydrogen) atoms. The quantitative estimate of drug-likeness (QED) is 0.433. The lowest BCUT2D eigenvalue weighted by Crippen LogP contribution is -2.47. The number of thiophene rings is 1. The fourth-order valence-electron chi connectivity index (χ4n) is 4.39. The fraction of sp³-hybridized carbons (Fsp3) is 0.440. The van der Waals surface area contributed by atoms with Crippen LogP contribution >= 0.6 is 11.3 Å². The molecule has 5 rings (SSSR count). The van der Waals surface area contributed by atoms with Crippen molar-refractivity contribution in [1.29, 1.82) is 0 Å². The van der Waals surface area contributed by atoms with Gasteiger partial charge in [0.15, 0.2) is 0 Å². The number of amides is 1. The first-order valence-electron chi connectivity index (χ1n) is 11.7. The molecule has 1 saturated carbocycles. The Morgan fingerprint density at radius 3 is 2.67 bits per heavy atom. The van der Waals surface area contributed by atoms with E-state index in [4.69, 9.17) is 4.74 Å². The number of aromatic nitrogens is 4. The van der Waals surface area contributed by atoms with Crippen molar-refractivity contribution in [2.24, 2.45) is 0 Å². The van der Waals surface area contributed by atoms with Gasteiger partial charge in [0, 0.05) is 16.2 Å². The molecule has 0 spiro atoms. The number of nitrogens with one attached hydrogen (secondary N) is 2. The molecule has 0 unspecified atom stereocenters. The number of hydrogen-bond donors (Lipinski definition) is 2. The Morgan fingerprint density at radius 1 is 1.15 bits per heavy atom. The number of aromatic amines is 1. The van der Waals surface area contributed by atoms with Gasteiger partial charge < -0.3 is 10.1 Å². The van der Waals surface area contributed by atoms with Crippen molar-refractivity contribution in [3.8, 4) is 5.75 Å². The number of rotatable bonds is 9. The van der Waals surface area contributed by atoms with Gasteiger partial charge in [-0.05, 0) is 72.7 Å². The minimum absolute atomic E-state index is 0.179. The Labute approximate surface area is 197 Å². The van der Waals surface area contributed by atoms with E-state index in [1.54, 1.807) is 11.3 Å². The van der Waals surface area contributed by atoms with E-state index in [0.717, 1.165) is 34.8 Å². The molecule has 172 valence electrons. The highest BCUT2D eigenvalue weighted by atomic mass is 32.1. The summed E-state index contributed by atoms with van der Waals surface area (Å²) in [7, 11) is 0. The van der Waals surface area contributed by atoms with Gasteiger partial charge in [-0.1, -0.05) is 31.9 Å². The summed E-state index contributed by atoms with van der Waals surface area (Å²) in [6.45, 7) is 4.98. The summed E-state index contributed by atoms with van der Waals surface area (Å²) in [5.41, 5.74) is 1.96. The number of H-pyrrole nitrogens is 1. The van der Waals surface area contributed by atoms with Crippen molar-refractivity contribution in [3.05, 3.63) is 57.5 Å². The van der Waals surface area contributed by atoms with Crippen LogP contribution in [0.2, 0.25) is 0 Å². The molecular formula is C25H29N5O2S. The van der Waals surface area contributed by atoms with Crippen LogP contribution in [-0.4, -0.2) is 33.1 Å². The summed E-state index contributed by atoms with van der Waals surface area (Å²) in [6, 6.07) is 12.4. The maximum Gasteiger partial charge on any atom is 0.256 e. The Morgan fingerprint density at radius 2 is 1.97 bits per heavy atom. The molecule has 1 fully saturated rings. The van der Waals surface area contributed by atoms with Crippen molar-refractivity contribution >= 4 is 28.4 Å². The van der Waals surface area contributed by atoms with E-state index in [1.807, 2.05) is 12.1 Å². The third kappa shape index (κ3) is 4.57. The lowest BCUT2D eigenvalue weighted by Gasteiger charge is -2.37. The van der Waals surface area contributed by atoms with Crippen molar-refractivity contribution in [1.82, 2.24) is 25.9 Å². The number of carbonyl (C=O) groups is 1. The average molecular weight is 464 g/mol. The van der Waals surface area contributed by atoms with Crippen LogP contribution in [-0.2, 0) is 10.3 Å². The van der Waals surface area contributed by atoms with Gasteiger partial charge in [-0.3, -0.25) is 4.79 Å². The Balaban J connectivity index is 1.44. The van der Waals surface area contributed by atoms with E-state index in [2.05, 4.69) is 64.1 Å². The number of tetrazole rings is 1. The molecule has 3 aromatic rings. The number of benzene rings is 1. The molecule has 2 aliphatic rings. The zero-order chi connectivity index (χ0) is 22.8. The lowest BCUT2D eigenvalue weighted by atomic mass is 9.80. The Bertz CT molecular complexity index is 1150. The van der Waals surface area contributed by atoms with Crippen LogP contribution in [0.15, 0.2) is 36.4 Å². The van der Waals surface area contributed by atoms with Crippen LogP contribution in [0.25, 0.3) is 11.1 Å². The predicted octanol–water partition coefficient (Wildman–Crippen LogP) is 5.05. The van der Waals surface area contributed by atoms with Gasteiger partial charge in [-0.15, -0.1) is 21.5 Å². The monoisotopic (exact) mass is 463 g/mol. The molecule has 0 saturated heterocycles. The normalized spacial score (nSPS) is 20.7. The maximum absolute atomic E-state index is 13.4. The first-order chi connectivity index (χ1) is 16.1. The van der Waals surface area contributed by atoms with E-state index >= 15 is 0 Å². The molecule has 0 radical (unpaired) electrons. The summed E-state index contributed by atoms with van der Waals surface area (Å²) >= 11 is 1.78. The van der Waals surface area contributed by atoms with E-state index in [0.29, 0.717) is 23.7 Å². The molecule has 0 bridgehead atoms. The maximum atomic E-state index is 13.4. The molecule has 2 N–H and O–H groups in total. The first-order valence-corrected chi connectivity index (χ1v) is 12.5. The predicted molar refractivity (Wildman–Crippen MR) is 129 cm³/mol. The van der Waals surface area contributed by atoms with Crippen molar-refractivity contribution in [2.45, 2.75) is 63.8 Å². The molecule has 1 aromatic carbocycles. The van der Waals surface area contributed by atoms with Crippen LogP contribution in [0.5, 0.6) is 5.75 Å². The molecule has 1 atom stereocenters. The third-order valence-corrected chi connectivity index (χ3v) is 7.74. The van der Waals surface area contributed by atoms with Crippen LogP contribution in [0, 0.1) is 0 Å². The average Bonchev–Trinajstić information content (AvgIpc) is 3.30. The summed E-state index contributed by atoms with van der Waals surface area (Å²) in [4.78, 5) is 15.9. The molecule has 1 amide bonds. The highest BCUT2D eigenvalue weighted by Crippen LogP contribution is 2.47. The number of carbonyl (C=O) groups excluding carboxylic acids is 1. The fourth-order valence-corrected chi connectivity index (χ4v) is 5.61. The van der Waals surface area contributed by atoms with Gasteiger partial charge in [0.1, 0.15) is 5.75 Å². The van der Waals surface area contributed by atoms with Crippen molar-refractivity contribution in [2.75, 3.05) is 6.61 Å². The van der Waals surface area contributed by atoms with E-state index in [-0.39, 0.29) is 5.91 Å². The number of hydrogen-bond acceptors (Lipinski definition) is 6. The number of unbranched alkanes of at least 4 members (excludes halogenated alkanes) is 2. The van der Waals surface area contributed by atoms with Gasteiger partial charge in [0.05, 0.1) is 17.7 Å². The second-order valence-corrected chi connectivity index (χ2v) is 10.2. The minimum atomic E-state index is -0.551. The topological polar surface area (TPSA) is 92.8 Å². The zero-order valence-corrected chi connectivity index (χ0v) is 19.9. The lowest BCUT2D eigenvalue weighted by molar-refractivity contribution is -0.117. The zero-order valence-electron chi connectivity index (χ0n) is 19.1. The van der Waals surface area contributed by atoms with Crippen LogP contribution < -0.4 is 10.1 Å². The second-order valence-electron chi connectivity index (χ2n) is 9.11. The van der Waals surface area contributed by atoms with Crippen molar-refractivity contribution < 1.29 is 9.53 Å². The number of ether oxygens (including phenoxy) is 1. The van der Waals surface area contributed by atoms with Gasteiger partial charge in [-0.2, -0.15) is 5.21 Å². The first kappa shape index (κ1) is 21.8. The smallest absolute Gasteiger partial charge is 0.256 e. The van der Waals surface area contributed by atoms with Crippen LogP contribution in [0.1, 0.15) is 79.4 Å². The minimum Gasteiger partial charge on any atom is -0.494 e. The summed E-state index contributed by atoms with van der Waals surface area (Å²) in [5, 5.41) is 17.6. The van der Waals surface area contributed by atoms with Crippen LogP contribution in [0.3, 0.4) is 0 Å². The standard InChI is InChI=1S/C25H29N5O2S/c1-3-4-5-14-32-18-10-8-17(9-11-18)25(2)15-19(21-13-12-20(33-21)16-6-7-16)22(24(31)26-25)23-27-29-30-28-23/h8-13,16H,3-7,14-15H2,1-2H3,(H,26,31)(H,27,28,29,30)/t25-/m0/s1. The second kappa shape index (κ2) is 9.09. The van der Waals surface area contributed by atoms with Crippen molar-refractivity contribution in [3.63, 3.8) is 0 Å². The Kier molecular flexibility index (Phi) is 6.01. The third-order valence-electron chi connectivity index (χ3n) is 6.43. The van der Waals surface area contributed by atoms with Gasteiger partial charge in [0.2, 0.25) is 5.82 Å². The van der Waals surface area contributed by atoms with E-state index in [1.165, 1.54) is 30.6 Å². The van der Waals surface area contributed by atoms with Crippen LogP contribution in [0.4, 0.5) is 0 Å². The summed E-state index contributed by atoms with van der Waals surface area (Å²) in [6.07, 6.45) is 6.55. The molecule has 7 nitrogen and oxygen atoms in total. The summed E-state index contributed by atoms with van der Waals surface area (Å²) in [5.74, 6) is 1.69. The molecule has 1 aliphatic heterocycles. The van der Waals surface area contributed by atoms with Gasteiger partial charge in [0.25, 0.3) is 5.91 Å². The molecule has 1 aliphatic carbocycles. The number of nitrogens with zero attached hydrogens (tertiary/aromatic N) is 3. The highest BCUT2D eigenvalue weighted by Gasteiger charge is 2.40. The molecule has 2 aromatic heterocycles. The summed E-state index contributed by atoms with van der Waals surface area (Å²) < 4.78 is 5.87. The largest absolute Gasteiger partial charge is 0.494 e.